The van der Waals surface area contributed by atoms with Crippen LogP contribution in [-0.4, -0.2) is 61.2 Å². The lowest BCUT2D eigenvalue weighted by atomic mass is 10.2. The van der Waals surface area contributed by atoms with Crippen molar-refractivity contribution in [2.24, 2.45) is 0 Å². The standard InChI is InChI=1S/C19H24N4O3S/c24-16-5-3-15(4-6-16)23-11-9-22(10-12-23)14-18(25)21-19(26)20-8-7-17-2-1-13-27-17/h1-6,13,24H,7-12,14H2,(H2,20,21,25,26). The van der Waals surface area contributed by atoms with Crippen LogP contribution in [-0.2, 0) is 11.2 Å². The van der Waals surface area contributed by atoms with Crippen LogP contribution in [0, 0.1) is 0 Å². The average molecular weight is 388 g/mol. The molecule has 3 amide bonds. The lowest BCUT2D eigenvalue weighted by Gasteiger charge is -2.35. The molecule has 27 heavy (non-hydrogen) atoms. The van der Waals surface area contributed by atoms with Crippen molar-refractivity contribution in [1.82, 2.24) is 15.5 Å². The molecule has 1 aliphatic rings. The number of nitrogens with zero attached hydrogens (tertiary/aromatic N) is 2. The van der Waals surface area contributed by atoms with Crippen LogP contribution in [0.25, 0.3) is 0 Å². The second-order valence-electron chi connectivity index (χ2n) is 6.41. The molecule has 1 fully saturated rings. The quantitative estimate of drug-likeness (QED) is 0.701. The van der Waals surface area contributed by atoms with E-state index in [2.05, 4.69) is 15.5 Å². The predicted molar refractivity (Wildman–Crippen MR) is 106 cm³/mol. The lowest BCUT2D eigenvalue weighted by molar-refractivity contribution is -0.121. The maximum Gasteiger partial charge on any atom is 0.321 e. The molecule has 3 rings (SSSR count). The SMILES string of the molecule is O=C(CN1CCN(c2ccc(O)cc2)CC1)NC(=O)NCCc1cccs1. The van der Waals surface area contributed by atoms with Crippen molar-refractivity contribution < 1.29 is 14.7 Å². The molecule has 2 heterocycles. The molecule has 144 valence electrons. The van der Waals surface area contributed by atoms with Gasteiger partial charge in [0.1, 0.15) is 5.75 Å². The van der Waals surface area contributed by atoms with Crippen molar-refractivity contribution in [2.45, 2.75) is 6.42 Å². The molecule has 8 heteroatoms. The van der Waals surface area contributed by atoms with Gasteiger partial charge in [-0.25, -0.2) is 4.79 Å². The van der Waals surface area contributed by atoms with Crippen LogP contribution >= 0.6 is 11.3 Å². The van der Waals surface area contributed by atoms with Gasteiger partial charge in [-0.1, -0.05) is 6.07 Å². The summed E-state index contributed by atoms with van der Waals surface area (Å²) in [5.41, 5.74) is 1.06. The molecule has 0 saturated carbocycles. The van der Waals surface area contributed by atoms with E-state index in [9.17, 15) is 14.7 Å². The topological polar surface area (TPSA) is 84.9 Å². The van der Waals surface area contributed by atoms with Crippen LogP contribution in [0.2, 0.25) is 0 Å². The van der Waals surface area contributed by atoms with E-state index in [4.69, 9.17) is 0 Å². The minimum atomic E-state index is -0.445. The smallest absolute Gasteiger partial charge is 0.321 e. The van der Waals surface area contributed by atoms with Gasteiger partial charge in [-0.15, -0.1) is 11.3 Å². The summed E-state index contributed by atoms with van der Waals surface area (Å²) < 4.78 is 0. The van der Waals surface area contributed by atoms with Crippen molar-refractivity contribution >= 4 is 29.0 Å². The summed E-state index contributed by atoms with van der Waals surface area (Å²) in [5, 5.41) is 16.5. The van der Waals surface area contributed by atoms with Gasteiger partial charge in [0.15, 0.2) is 0 Å². The molecule has 3 N–H and O–H groups in total. The molecule has 1 aromatic carbocycles. The number of thiophene rings is 1. The first-order valence-electron chi connectivity index (χ1n) is 8.96. The zero-order chi connectivity index (χ0) is 19.1. The second-order valence-corrected chi connectivity index (χ2v) is 7.45. The Bertz CT molecular complexity index is 741. The number of amides is 3. The van der Waals surface area contributed by atoms with Crippen LogP contribution in [0.15, 0.2) is 41.8 Å². The number of phenols is 1. The van der Waals surface area contributed by atoms with Gasteiger partial charge >= 0.3 is 6.03 Å². The van der Waals surface area contributed by atoms with Gasteiger partial charge in [-0.05, 0) is 42.1 Å². The lowest BCUT2D eigenvalue weighted by Crippen LogP contribution is -2.51. The molecule has 2 aromatic rings. The van der Waals surface area contributed by atoms with E-state index >= 15 is 0 Å². The van der Waals surface area contributed by atoms with E-state index in [0.29, 0.717) is 6.54 Å². The summed E-state index contributed by atoms with van der Waals surface area (Å²) in [6.07, 6.45) is 0.762. The number of hydrogen-bond acceptors (Lipinski definition) is 6. The van der Waals surface area contributed by atoms with Gasteiger partial charge in [0.25, 0.3) is 0 Å². The minimum Gasteiger partial charge on any atom is -0.508 e. The number of phenolic OH excluding ortho intramolecular Hbond substituents is 1. The highest BCUT2D eigenvalue weighted by Crippen LogP contribution is 2.19. The number of carbonyl (C=O) groups excluding carboxylic acids is 2. The number of urea groups is 1. The summed E-state index contributed by atoms with van der Waals surface area (Å²) in [7, 11) is 0. The van der Waals surface area contributed by atoms with Gasteiger partial charge in [-0.3, -0.25) is 15.0 Å². The van der Waals surface area contributed by atoms with Crippen LogP contribution < -0.4 is 15.5 Å². The fourth-order valence-corrected chi connectivity index (χ4v) is 3.70. The zero-order valence-electron chi connectivity index (χ0n) is 15.1. The summed E-state index contributed by atoms with van der Waals surface area (Å²) in [4.78, 5) is 29.3. The van der Waals surface area contributed by atoms with E-state index in [1.54, 1.807) is 23.5 Å². The van der Waals surface area contributed by atoms with Crippen LogP contribution in [0.5, 0.6) is 5.75 Å². The van der Waals surface area contributed by atoms with Gasteiger partial charge in [0, 0.05) is 43.3 Å². The van der Waals surface area contributed by atoms with Crippen LogP contribution in [0.1, 0.15) is 4.88 Å². The zero-order valence-corrected chi connectivity index (χ0v) is 15.9. The molecule has 1 saturated heterocycles. The van der Waals surface area contributed by atoms with Gasteiger partial charge in [0.05, 0.1) is 6.54 Å². The Kier molecular flexibility index (Phi) is 6.67. The summed E-state index contributed by atoms with van der Waals surface area (Å²) in [6.45, 7) is 3.80. The number of anilines is 1. The van der Waals surface area contributed by atoms with Gasteiger partial charge in [0.2, 0.25) is 5.91 Å². The first kappa shape index (κ1) is 19.2. The molecule has 7 nitrogen and oxygen atoms in total. The number of piperazine rings is 1. The molecule has 0 aliphatic carbocycles. The van der Waals surface area contributed by atoms with Crippen molar-refractivity contribution in [3.05, 3.63) is 46.7 Å². The molecular formula is C19H24N4O3S. The Hall–Kier alpha value is -2.58. The second kappa shape index (κ2) is 9.38. The maximum absolute atomic E-state index is 12.0. The molecule has 0 bridgehead atoms. The Morgan fingerprint density at radius 2 is 1.81 bits per heavy atom. The Morgan fingerprint density at radius 1 is 1.07 bits per heavy atom. The highest BCUT2D eigenvalue weighted by Gasteiger charge is 2.20. The minimum absolute atomic E-state index is 0.210. The highest BCUT2D eigenvalue weighted by molar-refractivity contribution is 7.09. The maximum atomic E-state index is 12.0. The molecule has 0 unspecified atom stereocenters. The van der Waals surface area contributed by atoms with Crippen molar-refractivity contribution in [1.29, 1.82) is 0 Å². The summed E-state index contributed by atoms with van der Waals surface area (Å²) in [5.74, 6) is -0.0376. The molecule has 0 atom stereocenters. The number of nitrogens with one attached hydrogen (secondary N) is 2. The molecule has 0 spiro atoms. The van der Waals surface area contributed by atoms with E-state index in [1.165, 1.54) is 4.88 Å². The number of benzene rings is 1. The Labute approximate surface area is 162 Å². The van der Waals surface area contributed by atoms with Crippen molar-refractivity contribution in [3.63, 3.8) is 0 Å². The predicted octanol–water partition coefficient (Wildman–Crippen LogP) is 1.64. The number of carbonyl (C=O) groups is 2. The van der Waals surface area contributed by atoms with Crippen LogP contribution in [0.4, 0.5) is 10.5 Å². The third-order valence-electron chi connectivity index (χ3n) is 4.44. The average Bonchev–Trinajstić information content (AvgIpc) is 3.16. The highest BCUT2D eigenvalue weighted by atomic mass is 32.1. The van der Waals surface area contributed by atoms with E-state index < -0.39 is 6.03 Å². The third-order valence-corrected chi connectivity index (χ3v) is 5.38. The number of aromatic hydroxyl groups is 1. The van der Waals surface area contributed by atoms with Crippen LogP contribution in [0.3, 0.4) is 0 Å². The number of imide groups is 1. The molecule has 0 radical (unpaired) electrons. The fraction of sp³-hybridized carbons (Fsp3) is 0.368. The fourth-order valence-electron chi connectivity index (χ4n) is 3.00. The van der Waals surface area contributed by atoms with Gasteiger partial charge < -0.3 is 15.3 Å². The summed E-state index contributed by atoms with van der Waals surface area (Å²) in [6, 6.07) is 10.7. The largest absolute Gasteiger partial charge is 0.508 e. The molecule has 1 aromatic heterocycles. The Morgan fingerprint density at radius 3 is 2.48 bits per heavy atom. The molecular weight excluding hydrogens is 364 g/mol. The molecule has 1 aliphatic heterocycles. The van der Waals surface area contributed by atoms with Gasteiger partial charge in [-0.2, -0.15) is 0 Å². The Balaban J connectivity index is 1.34. The van der Waals surface area contributed by atoms with E-state index in [1.807, 2.05) is 34.5 Å². The first-order chi connectivity index (χ1) is 13.1. The van der Waals surface area contributed by atoms with Crippen molar-refractivity contribution in [2.75, 3.05) is 44.2 Å². The third kappa shape index (κ3) is 5.97. The normalized spacial score (nSPS) is 14.7. The van der Waals surface area contributed by atoms with E-state index in [-0.39, 0.29) is 18.2 Å². The monoisotopic (exact) mass is 388 g/mol. The van der Waals surface area contributed by atoms with Crippen molar-refractivity contribution in [3.8, 4) is 5.75 Å². The summed E-state index contributed by atoms with van der Waals surface area (Å²) >= 11 is 1.65. The van der Waals surface area contributed by atoms with E-state index in [0.717, 1.165) is 38.3 Å². The first-order valence-corrected chi connectivity index (χ1v) is 9.84. The number of hydrogen-bond donors (Lipinski definition) is 3. The number of rotatable bonds is 6.